The first-order chi connectivity index (χ1) is 10.1. The molecule has 0 spiro atoms. The molecule has 21 heavy (non-hydrogen) atoms. The average Bonchev–Trinajstić information content (AvgIpc) is 2.98. The van der Waals surface area contributed by atoms with E-state index in [1.807, 2.05) is 24.3 Å². The molecule has 112 valence electrons. The van der Waals surface area contributed by atoms with E-state index in [9.17, 15) is 4.79 Å². The predicted octanol–water partition coefficient (Wildman–Crippen LogP) is 3.06. The lowest BCUT2D eigenvalue weighted by molar-refractivity contribution is -0.116. The van der Waals surface area contributed by atoms with Gasteiger partial charge in [0.05, 0.1) is 6.20 Å². The monoisotopic (exact) mass is 287 g/mol. The second kappa shape index (κ2) is 7.59. The zero-order chi connectivity index (χ0) is 15.1. The van der Waals surface area contributed by atoms with Gasteiger partial charge >= 0.3 is 0 Å². The maximum absolute atomic E-state index is 11.9. The first-order valence-corrected chi connectivity index (χ1v) is 7.17. The van der Waals surface area contributed by atoms with Crippen LogP contribution in [0.5, 0.6) is 0 Å². The molecular weight excluding hydrogens is 266 g/mol. The number of nitrogens with zero attached hydrogens (tertiary/aromatic N) is 1. The Morgan fingerprint density at radius 2 is 2.24 bits per heavy atom. The van der Waals surface area contributed by atoms with Crippen LogP contribution in [0.4, 0.5) is 5.69 Å². The highest BCUT2D eigenvalue weighted by Gasteiger charge is 2.05. The summed E-state index contributed by atoms with van der Waals surface area (Å²) < 4.78 is 5.25. The largest absolute Gasteiger partial charge is 0.444 e. The lowest BCUT2D eigenvalue weighted by atomic mass is 10.1. The summed E-state index contributed by atoms with van der Waals surface area (Å²) in [6.45, 7) is 5.04. The summed E-state index contributed by atoms with van der Waals surface area (Å²) in [4.78, 5) is 15.8. The van der Waals surface area contributed by atoms with Crippen molar-refractivity contribution >= 4 is 11.6 Å². The number of carbonyl (C=O) groups excluding carboxylic acids is 1. The van der Waals surface area contributed by atoms with Crippen LogP contribution in [-0.2, 0) is 4.79 Å². The summed E-state index contributed by atoms with van der Waals surface area (Å²) in [5, 5.41) is 6.20. The molecule has 0 aliphatic carbocycles. The van der Waals surface area contributed by atoms with Crippen LogP contribution in [0.2, 0.25) is 0 Å². The molecule has 0 saturated heterocycles. The number of hydrogen-bond acceptors (Lipinski definition) is 4. The Hall–Kier alpha value is -2.14. The van der Waals surface area contributed by atoms with Crippen LogP contribution < -0.4 is 10.6 Å². The van der Waals surface area contributed by atoms with Gasteiger partial charge in [0.25, 0.3) is 0 Å². The molecule has 0 atom stereocenters. The molecule has 2 aromatic rings. The Labute approximate surface area is 124 Å². The third kappa shape index (κ3) is 5.04. The van der Waals surface area contributed by atoms with Gasteiger partial charge in [0, 0.05) is 23.7 Å². The van der Waals surface area contributed by atoms with Crippen molar-refractivity contribution in [3.8, 4) is 11.3 Å². The molecule has 1 amide bonds. The van der Waals surface area contributed by atoms with Gasteiger partial charge in [0.2, 0.25) is 5.91 Å². The number of carbonyl (C=O) groups is 1. The smallest absolute Gasteiger partial charge is 0.224 e. The number of anilines is 1. The van der Waals surface area contributed by atoms with Gasteiger partial charge in [-0.15, -0.1) is 0 Å². The molecule has 0 fully saturated rings. The van der Waals surface area contributed by atoms with E-state index in [-0.39, 0.29) is 5.91 Å². The van der Waals surface area contributed by atoms with Crippen LogP contribution in [0, 0.1) is 0 Å². The van der Waals surface area contributed by atoms with Crippen molar-refractivity contribution in [2.75, 3.05) is 11.9 Å². The van der Waals surface area contributed by atoms with E-state index < -0.39 is 0 Å². The molecule has 2 rings (SSSR count). The summed E-state index contributed by atoms with van der Waals surface area (Å²) in [5.74, 6) is 0.711. The summed E-state index contributed by atoms with van der Waals surface area (Å²) in [5.41, 5.74) is 1.66. The molecule has 0 radical (unpaired) electrons. The van der Waals surface area contributed by atoms with Crippen LogP contribution in [-0.4, -0.2) is 23.5 Å². The van der Waals surface area contributed by atoms with Crippen molar-refractivity contribution in [3.63, 3.8) is 0 Å². The van der Waals surface area contributed by atoms with E-state index in [4.69, 9.17) is 4.42 Å². The van der Waals surface area contributed by atoms with Crippen molar-refractivity contribution < 1.29 is 9.21 Å². The molecule has 2 N–H and O–H groups in total. The van der Waals surface area contributed by atoms with Gasteiger partial charge < -0.3 is 15.1 Å². The van der Waals surface area contributed by atoms with Crippen LogP contribution in [0.1, 0.15) is 26.7 Å². The molecule has 5 nitrogen and oxygen atoms in total. The van der Waals surface area contributed by atoms with E-state index in [1.54, 1.807) is 6.20 Å². The SMILES string of the molecule is CC(C)NCCCC(=O)Nc1cccc(-c2cnco2)c1. The Kier molecular flexibility index (Phi) is 5.51. The second-order valence-corrected chi connectivity index (χ2v) is 5.21. The minimum Gasteiger partial charge on any atom is -0.444 e. The first-order valence-electron chi connectivity index (χ1n) is 7.17. The van der Waals surface area contributed by atoms with Crippen molar-refractivity contribution in [3.05, 3.63) is 36.9 Å². The van der Waals surface area contributed by atoms with Crippen LogP contribution in [0.3, 0.4) is 0 Å². The van der Waals surface area contributed by atoms with Crippen LogP contribution in [0.25, 0.3) is 11.3 Å². The lowest BCUT2D eigenvalue weighted by Crippen LogP contribution is -2.24. The molecule has 1 aromatic carbocycles. The summed E-state index contributed by atoms with van der Waals surface area (Å²) in [6.07, 6.45) is 4.37. The Morgan fingerprint density at radius 1 is 1.38 bits per heavy atom. The Bertz CT molecular complexity index is 565. The van der Waals surface area contributed by atoms with Crippen molar-refractivity contribution in [2.24, 2.45) is 0 Å². The van der Waals surface area contributed by atoms with Crippen LogP contribution >= 0.6 is 0 Å². The zero-order valence-electron chi connectivity index (χ0n) is 12.4. The Morgan fingerprint density at radius 3 is 2.95 bits per heavy atom. The molecule has 1 aromatic heterocycles. The maximum Gasteiger partial charge on any atom is 0.224 e. The number of nitrogens with one attached hydrogen (secondary N) is 2. The topological polar surface area (TPSA) is 67.2 Å². The van der Waals surface area contributed by atoms with Gasteiger partial charge in [-0.3, -0.25) is 4.79 Å². The third-order valence-electron chi connectivity index (χ3n) is 3.00. The van der Waals surface area contributed by atoms with E-state index in [0.29, 0.717) is 18.2 Å². The van der Waals surface area contributed by atoms with Crippen molar-refractivity contribution in [2.45, 2.75) is 32.7 Å². The quantitative estimate of drug-likeness (QED) is 0.768. The minimum absolute atomic E-state index is 0.0234. The molecule has 5 heteroatoms. The highest BCUT2D eigenvalue weighted by atomic mass is 16.3. The van der Waals surface area contributed by atoms with Crippen LogP contribution in [0.15, 0.2) is 41.3 Å². The number of rotatable bonds is 7. The number of aromatic nitrogens is 1. The van der Waals surface area contributed by atoms with Gasteiger partial charge in [-0.1, -0.05) is 26.0 Å². The lowest BCUT2D eigenvalue weighted by Gasteiger charge is -2.08. The van der Waals surface area contributed by atoms with E-state index in [2.05, 4.69) is 29.5 Å². The molecule has 0 aliphatic heterocycles. The number of benzene rings is 1. The van der Waals surface area contributed by atoms with Gasteiger partial charge in [-0.05, 0) is 25.1 Å². The predicted molar refractivity (Wildman–Crippen MR) is 82.9 cm³/mol. The summed E-state index contributed by atoms with van der Waals surface area (Å²) in [7, 11) is 0. The van der Waals surface area contributed by atoms with E-state index >= 15 is 0 Å². The van der Waals surface area contributed by atoms with E-state index in [1.165, 1.54) is 6.39 Å². The Balaban J connectivity index is 1.85. The van der Waals surface area contributed by atoms with Crippen molar-refractivity contribution in [1.82, 2.24) is 10.3 Å². The fourth-order valence-electron chi connectivity index (χ4n) is 1.97. The molecule has 0 aliphatic rings. The third-order valence-corrected chi connectivity index (χ3v) is 3.00. The van der Waals surface area contributed by atoms with Gasteiger partial charge in [0.15, 0.2) is 12.2 Å². The highest BCUT2D eigenvalue weighted by molar-refractivity contribution is 5.91. The molecular formula is C16H21N3O2. The maximum atomic E-state index is 11.9. The number of hydrogen-bond donors (Lipinski definition) is 2. The van der Waals surface area contributed by atoms with Gasteiger partial charge in [-0.2, -0.15) is 0 Å². The molecule has 0 bridgehead atoms. The fourth-order valence-corrected chi connectivity index (χ4v) is 1.97. The standard InChI is InChI=1S/C16H21N3O2/c1-12(2)18-8-4-7-16(20)19-14-6-3-5-13(9-14)15-10-17-11-21-15/h3,5-6,9-12,18H,4,7-8H2,1-2H3,(H,19,20). The molecule has 0 saturated carbocycles. The molecule has 1 heterocycles. The second-order valence-electron chi connectivity index (χ2n) is 5.21. The van der Waals surface area contributed by atoms with E-state index in [0.717, 1.165) is 24.2 Å². The fraction of sp³-hybridized carbons (Fsp3) is 0.375. The summed E-state index contributed by atoms with van der Waals surface area (Å²) >= 11 is 0. The number of amides is 1. The summed E-state index contributed by atoms with van der Waals surface area (Å²) in [6, 6.07) is 8.00. The van der Waals surface area contributed by atoms with Gasteiger partial charge in [0.1, 0.15) is 0 Å². The molecule has 0 unspecified atom stereocenters. The minimum atomic E-state index is 0.0234. The number of oxazole rings is 1. The normalized spacial score (nSPS) is 10.8. The van der Waals surface area contributed by atoms with Gasteiger partial charge in [-0.25, -0.2) is 4.98 Å². The first kappa shape index (κ1) is 15.3. The van der Waals surface area contributed by atoms with Crippen molar-refractivity contribution in [1.29, 1.82) is 0 Å². The average molecular weight is 287 g/mol. The highest BCUT2D eigenvalue weighted by Crippen LogP contribution is 2.22. The zero-order valence-corrected chi connectivity index (χ0v) is 12.4.